The van der Waals surface area contributed by atoms with E-state index in [1.807, 2.05) is 24.1 Å². The Bertz CT molecular complexity index is 572. The molecule has 0 radical (unpaired) electrons. The van der Waals surface area contributed by atoms with Gasteiger partial charge in [-0.2, -0.15) is 0 Å². The van der Waals surface area contributed by atoms with Gasteiger partial charge >= 0.3 is 0 Å². The van der Waals surface area contributed by atoms with Crippen molar-refractivity contribution in [2.45, 2.75) is 13.1 Å². The molecular formula is C15H14BrF2N. The zero-order valence-corrected chi connectivity index (χ0v) is 12.1. The minimum Gasteiger partial charge on any atom is -0.298 e. The van der Waals surface area contributed by atoms with Crippen LogP contribution in [-0.4, -0.2) is 11.9 Å². The number of benzene rings is 2. The molecule has 0 bridgehead atoms. The lowest BCUT2D eigenvalue weighted by molar-refractivity contribution is 0.317. The molecule has 2 aromatic rings. The predicted molar refractivity (Wildman–Crippen MR) is 75.7 cm³/mol. The highest BCUT2D eigenvalue weighted by atomic mass is 79.9. The van der Waals surface area contributed by atoms with Crippen molar-refractivity contribution < 1.29 is 8.78 Å². The molecule has 2 rings (SSSR count). The number of hydrogen-bond donors (Lipinski definition) is 0. The van der Waals surface area contributed by atoms with Gasteiger partial charge in [0.1, 0.15) is 11.6 Å². The molecule has 0 fully saturated rings. The minimum atomic E-state index is -0.267. The van der Waals surface area contributed by atoms with Gasteiger partial charge in [0.15, 0.2) is 0 Å². The smallest absolute Gasteiger partial charge is 0.137 e. The molecule has 19 heavy (non-hydrogen) atoms. The first-order valence-electron chi connectivity index (χ1n) is 5.92. The van der Waals surface area contributed by atoms with Gasteiger partial charge in [-0.25, -0.2) is 8.78 Å². The van der Waals surface area contributed by atoms with E-state index in [4.69, 9.17) is 0 Å². The maximum absolute atomic E-state index is 13.4. The molecule has 0 atom stereocenters. The van der Waals surface area contributed by atoms with Gasteiger partial charge in [-0.15, -0.1) is 0 Å². The predicted octanol–water partition coefficient (Wildman–Crippen LogP) is 4.36. The number of hydrogen-bond acceptors (Lipinski definition) is 1. The van der Waals surface area contributed by atoms with Gasteiger partial charge in [-0.1, -0.05) is 24.3 Å². The summed E-state index contributed by atoms with van der Waals surface area (Å²) in [4.78, 5) is 2.01. The van der Waals surface area contributed by atoms with Crippen molar-refractivity contribution in [3.8, 4) is 0 Å². The highest BCUT2D eigenvalue weighted by Crippen LogP contribution is 2.22. The monoisotopic (exact) mass is 325 g/mol. The van der Waals surface area contributed by atoms with Crippen molar-refractivity contribution in [1.29, 1.82) is 0 Å². The van der Waals surface area contributed by atoms with E-state index < -0.39 is 0 Å². The minimum absolute atomic E-state index is 0.238. The Hall–Kier alpha value is -1.26. The zero-order valence-electron chi connectivity index (χ0n) is 10.5. The van der Waals surface area contributed by atoms with Gasteiger partial charge in [0, 0.05) is 13.1 Å². The van der Waals surface area contributed by atoms with Crippen LogP contribution in [0.2, 0.25) is 0 Å². The van der Waals surface area contributed by atoms with Crippen molar-refractivity contribution >= 4 is 15.9 Å². The number of nitrogens with zero attached hydrogens (tertiary/aromatic N) is 1. The van der Waals surface area contributed by atoms with Crippen molar-refractivity contribution in [2.24, 2.45) is 0 Å². The molecule has 100 valence electrons. The van der Waals surface area contributed by atoms with E-state index in [1.54, 1.807) is 12.1 Å². The molecule has 0 heterocycles. The van der Waals surface area contributed by atoms with E-state index in [9.17, 15) is 8.78 Å². The van der Waals surface area contributed by atoms with Crippen LogP contribution in [-0.2, 0) is 13.1 Å². The average Bonchev–Trinajstić information content (AvgIpc) is 2.35. The summed E-state index contributed by atoms with van der Waals surface area (Å²) in [6.45, 7) is 1.20. The summed E-state index contributed by atoms with van der Waals surface area (Å²) in [6.07, 6.45) is 0. The maximum Gasteiger partial charge on any atom is 0.137 e. The second-order valence-electron chi connectivity index (χ2n) is 4.52. The van der Waals surface area contributed by atoms with Crippen LogP contribution in [0.5, 0.6) is 0 Å². The SMILES string of the molecule is CN(Cc1cccc(F)c1)Cc1cccc(F)c1Br. The first-order valence-corrected chi connectivity index (χ1v) is 6.71. The third-order valence-corrected chi connectivity index (χ3v) is 3.70. The van der Waals surface area contributed by atoms with Crippen molar-refractivity contribution in [3.05, 3.63) is 69.7 Å². The Morgan fingerprint density at radius 2 is 1.79 bits per heavy atom. The topological polar surface area (TPSA) is 3.24 Å². The molecule has 0 unspecified atom stereocenters. The molecule has 0 spiro atoms. The first-order chi connectivity index (χ1) is 9.06. The summed E-state index contributed by atoms with van der Waals surface area (Å²) in [7, 11) is 1.92. The summed E-state index contributed by atoms with van der Waals surface area (Å²) < 4.78 is 27.0. The van der Waals surface area contributed by atoms with E-state index in [-0.39, 0.29) is 11.6 Å². The summed E-state index contributed by atoms with van der Waals surface area (Å²) in [6, 6.07) is 11.5. The lowest BCUT2D eigenvalue weighted by Crippen LogP contribution is -2.17. The number of halogens is 3. The molecule has 1 nitrogen and oxygen atoms in total. The van der Waals surface area contributed by atoms with E-state index in [0.717, 1.165) is 11.1 Å². The normalized spacial score (nSPS) is 11.0. The second-order valence-corrected chi connectivity index (χ2v) is 5.31. The Labute approximate surface area is 120 Å². The zero-order chi connectivity index (χ0) is 13.8. The molecule has 2 aromatic carbocycles. The summed E-state index contributed by atoms with van der Waals surface area (Å²) in [5.74, 6) is -0.505. The van der Waals surface area contributed by atoms with Crippen molar-refractivity contribution in [3.63, 3.8) is 0 Å². The van der Waals surface area contributed by atoms with E-state index >= 15 is 0 Å². The molecule has 0 saturated carbocycles. The molecule has 0 aliphatic rings. The van der Waals surface area contributed by atoms with Crippen molar-refractivity contribution in [1.82, 2.24) is 4.90 Å². The Kier molecular flexibility index (Phi) is 4.66. The molecule has 0 saturated heterocycles. The second kappa shape index (κ2) is 6.26. The molecule has 4 heteroatoms. The summed E-state index contributed by atoms with van der Waals surface area (Å²) in [5, 5.41) is 0. The van der Waals surface area contributed by atoms with Crippen LogP contribution < -0.4 is 0 Å². The molecule has 0 aromatic heterocycles. The fourth-order valence-corrected chi connectivity index (χ4v) is 2.35. The molecule has 0 aliphatic carbocycles. The molecule has 0 N–H and O–H groups in total. The lowest BCUT2D eigenvalue weighted by atomic mass is 10.1. The van der Waals surface area contributed by atoms with E-state index in [1.165, 1.54) is 18.2 Å². The maximum atomic E-state index is 13.4. The van der Waals surface area contributed by atoms with Crippen LogP contribution in [0.1, 0.15) is 11.1 Å². The fourth-order valence-electron chi connectivity index (χ4n) is 1.96. The Morgan fingerprint density at radius 1 is 1.05 bits per heavy atom. The molecule has 0 aliphatic heterocycles. The highest BCUT2D eigenvalue weighted by molar-refractivity contribution is 9.10. The third kappa shape index (κ3) is 3.85. The van der Waals surface area contributed by atoms with Gasteiger partial charge in [0.25, 0.3) is 0 Å². The van der Waals surface area contributed by atoms with Crippen LogP contribution in [0.25, 0.3) is 0 Å². The standard InChI is InChI=1S/C15H14BrF2N/c1-19(9-11-4-2-6-13(17)8-11)10-12-5-3-7-14(18)15(12)16/h2-8H,9-10H2,1H3. The van der Waals surface area contributed by atoms with Gasteiger partial charge in [-0.3, -0.25) is 4.90 Å². The van der Waals surface area contributed by atoms with Gasteiger partial charge in [0.2, 0.25) is 0 Å². The molecule has 0 amide bonds. The first kappa shape index (κ1) is 14.2. The quantitative estimate of drug-likeness (QED) is 0.807. The van der Waals surface area contributed by atoms with Crippen LogP contribution >= 0.6 is 15.9 Å². The van der Waals surface area contributed by atoms with Crippen LogP contribution in [0, 0.1) is 11.6 Å². The van der Waals surface area contributed by atoms with Gasteiger partial charge in [0.05, 0.1) is 4.47 Å². The lowest BCUT2D eigenvalue weighted by Gasteiger charge is -2.18. The largest absolute Gasteiger partial charge is 0.298 e. The van der Waals surface area contributed by atoms with E-state index in [0.29, 0.717) is 17.6 Å². The highest BCUT2D eigenvalue weighted by Gasteiger charge is 2.08. The Balaban J connectivity index is 2.05. The van der Waals surface area contributed by atoms with E-state index in [2.05, 4.69) is 15.9 Å². The van der Waals surface area contributed by atoms with Crippen LogP contribution in [0.15, 0.2) is 46.9 Å². The molecular weight excluding hydrogens is 312 g/mol. The summed E-state index contributed by atoms with van der Waals surface area (Å²) >= 11 is 3.24. The number of rotatable bonds is 4. The van der Waals surface area contributed by atoms with Gasteiger partial charge < -0.3 is 0 Å². The third-order valence-electron chi connectivity index (χ3n) is 2.81. The van der Waals surface area contributed by atoms with Crippen molar-refractivity contribution in [2.75, 3.05) is 7.05 Å². The van der Waals surface area contributed by atoms with Gasteiger partial charge in [-0.05, 0) is 52.3 Å². The Morgan fingerprint density at radius 3 is 2.53 bits per heavy atom. The average molecular weight is 326 g/mol. The van der Waals surface area contributed by atoms with Crippen LogP contribution in [0.3, 0.4) is 0 Å². The van der Waals surface area contributed by atoms with Crippen LogP contribution in [0.4, 0.5) is 8.78 Å². The fraction of sp³-hybridized carbons (Fsp3) is 0.200. The summed E-state index contributed by atoms with van der Waals surface area (Å²) in [5.41, 5.74) is 1.77.